The van der Waals surface area contributed by atoms with Gasteiger partial charge in [0.2, 0.25) is 0 Å². The zero-order chi connectivity index (χ0) is 13.6. The summed E-state index contributed by atoms with van der Waals surface area (Å²) in [6.07, 6.45) is 4.11. The first kappa shape index (κ1) is 13.2. The summed E-state index contributed by atoms with van der Waals surface area (Å²) >= 11 is 0. The molecule has 0 radical (unpaired) electrons. The quantitative estimate of drug-likeness (QED) is 0.881. The van der Waals surface area contributed by atoms with Gasteiger partial charge in [-0.25, -0.2) is 0 Å². The van der Waals surface area contributed by atoms with E-state index in [1.165, 1.54) is 37.9 Å². The van der Waals surface area contributed by atoms with Crippen LogP contribution >= 0.6 is 0 Å². The van der Waals surface area contributed by atoms with Gasteiger partial charge in [-0.2, -0.15) is 0 Å². The molecule has 0 atom stereocenters. The van der Waals surface area contributed by atoms with E-state index in [1.54, 1.807) is 0 Å². The van der Waals surface area contributed by atoms with Gasteiger partial charge in [0, 0.05) is 17.9 Å². The second kappa shape index (κ2) is 6.58. The van der Waals surface area contributed by atoms with E-state index in [-0.39, 0.29) is 0 Å². The van der Waals surface area contributed by atoms with Gasteiger partial charge in [-0.1, -0.05) is 36.8 Å². The third kappa shape index (κ3) is 3.61. The SMILES string of the molecule is c1ccc(Nc2ccc(CN3CCCCC3)cc2)cc1. The Morgan fingerprint density at radius 2 is 1.40 bits per heavy atom. The Kier molecular flexibility index (Phi) is 4.34. The van der Waals surface area contributed by atoms with E-state index in [0.717, 1.165) is 17.9 Å². The summed E-state index contributed by atoms with van der Waals surface area (Å²) in [4.78, 5) is 2.56. The average molecular weight is 266 g/mol. The van der Waals surface area contributed by atoms with Crippen LogP contribution in [-0.2, 0) is 6.54 Å². The Morgan fingerprint density at radius 3 is 2.10 bits per heavy atom. The molecule has 0 bridgehead atoms. The summed E-state index contributed by atoms with van der Waals surface area (Å²) < 4.78 is 0. The van der Waals surface area contributed by atoms with Gasteiger partial charge < -0.3 is 5.32 Å². The summed E-state index contributed by atoms with van der Waals surface area (Å²) in [7, 11) is 0. The molecule has 2 aromatic rings. The number of para-hydroxylation sites is 1. The number of hydrogen-bond acceptors (Lipinski definition) is 2. The fraction of sp³-hybridized carbons (Fsp3) is 0.333. The second-order valence-electron chi connectivity index (χ2n) is 5.52. The van der Waals surface area contributed by atoms with Crippen molar-refractivity contribution in [1.29, 1.82) is 0 Å². The lowest BCUT2D eigenvalue weighted by atomic mass is 10.1. The number of anilines is 2. The van der Waals surface area contributed by atoms with Crippen molar-refractivity contribution in [3.05, 3.63) is 60.2 Å². The molecule has 0 aromatic heterocycles. The lowest BCUT2D eigenvalue weighted by Gasteiger charge is -2.26. The van der Waals surface area contributed by atoms with E-state index < -0.39 is 0 Å². The van der Waals surface area contributed by atoms with Crippen molar-refractivity contribution in [3.8, 4) is 0 Å². The van der Waals surface area contributed by atoms with Crippen molar-refractivity contribution in [2.45, 2.75) is 25.8 Å². The fourth-order valence-electron chi connectivity index (χ4n) is 2.76. The van der Waals surface area contributed by atoms with Gasteiger partial charge in [0.25, 0.3) is 0 Å². The Morgan fingerprint density at radius 1 is 0.750 bits per heavy atom. The molecular formula is C18H22N2. The second-order valence-corrected chi connectivity index (χ2v) is 5.52. The highest BCUT2D eigenvalue weighted by atomic mass is 15.1. The van der Waals surface area contributed by atoms with Gasteiger partial charge in [0.15, 0.2) is 0 Å². The largest absolute Gasteiger partial charge is 0.356 e. The molecule has 1 heterocycles. The van der Waals surface area contributed by atoms with E-state index in [9.17, 15) is 0 Å². The number of nitrogens with one attached hydrogen (secondary N) is 1. The van der Waals surface area contributed by atoms with Crippen LogP contribution in [0, 0.1) is 0 Å². The maximum absolute atomic E-state index is 3.42. The first-order valence-electron chi connectivity index (χ1n) is 7.53. The van der Waals surface area contributed by atoms with Crippen molar-refractivity contribution < 1.29 is 0 Å². The summed E-state index contributed by atoms with van der Waals surface area (Å²) in [5.41, 5.74) is 3.69. The monoisotopic (exact) mass is 266 g/mol. The van der Waals surface area contributed by atoms with Gasteiger partial charge in [0.05, 0.1) is 0 Å². The molecule has 1 aliphatic rings. The maximum atomic E-state index is 3.42. The third-order valence-electron chi connectivity index (χ3n) is 3.87. The molecule has 104 valence electrons. The topological polar surface area (TPSA) is 15.3 Å². The lowest BCUT2D eigenvalue weighted by Crippen LogP contribution is -2.28. The molecule has 0 aliphatic carbocycles. The third-order valence-corrected chi connectivity index (χ3v) is 3.87. The van der Waals surface area contributed by atoms with Crippen LogP contribution in [0.5, 0.6) is 0 Å². The number of likely N-dealkylation sites (tertiary alicyclic amines) is 1. The molecule has 0 amide bonds. The number of hydrogen-bond donors (Lipinski definition) is 1. The molecule has 0 unspecified atom stereocenters. The normalized spacial score (nSPS) is 16.0. The van der Waals surface area contributed by atoms with Crippen LogP contribution in [0.2, 0.25) is 0 Å². The Bertz CT molecular complexity index is 513. The zero-order valence-electron chi connectivity index (χ0n) is 11.9. The number of rotatable bonds is 4. The molecular weight excluding hydrogens is 244 g/mol. The van der Waals surface area contributed by atoms with Gasteiger partial charge in [-0.15, -0.1) is 0 Å². The highest BCUT2D eigenvalue weighted by molar-refractivity contribution is 5.59. The molecule has 1 fully saturated rings. The van der Waals surface area contributed by atoms with Gasteiger partial charge in [0.1, 0.15) is 0 Å². The summed E-state index contributed by atoms with van der Waals surface area (Å²) in [6, 6.07) is 19.1. The standard InChI is InChI=1S/C18H22N2/c1-3-7-17(8-4-1)19-18-11-9-16(10-12-18)15-20-13-5-2-6-14-20/h1,3-4,7-12,19H,2,5-6,13-15H2. The minimum absolute atomic E-state index is 1.09. The highest BCUT2D eigenvalue weighted by Crippen LogP contribution is 2.18. The van der Waals surface area contributed by atoms with Crippen molar-refractivity contribution in [1.82, 2.24) is 4.90 Å². The number of benzene rings is 2. The van der Waals surface area contributed by atoms with E-state index in [2.05, 4.69) is 46.6 Å². The summed E-state index contributed by atoms with van der Waals surface area (Å²) in [5, 5.41) is 3.42. The molecule has 2 heteroatoms. The molecule has 1 aliphatic heterocycles. The molecule has 1 N–H and O–H groups in total. The molecule has 2 nitrogen and oxygen atoms in total. The van der Waals surface area contributed by atoms with E-state index >= 15 is 0 Å². The molecule has 1 saturated heterocycles. The maximum Gasteiger partial charge on any atom is 0.0384 e. The van der Waals surface area contributed by atoms with Gasteiger partial charge >= 0.3 is 0 Å². The Labute approximate surface area is 121 Å². The van der Waals surface area contributed by atoms with Crippen LogP contribution < -0.4 is 5.32 Å². The minimum atomic E-state index is 1.09. The zero-order valence-corrected chi connectivity index (χ0v) is 11.9. The highest BCUT2D eigenvalue weighted by Gasteiger charge is 2.10. The lowest BCUT2D eigenvalue weighted by molar-refractivity contribution is 0.221. The van der Waals surface area contributed by atoms with E-state index in [4.69, 9.17) is 0 Å². The smallest absolute Gasteiger partial charge is 0.0384 e. The summed E-state index contributed by atoms with van der Waals surface area (Å²) in [5.74, 6) is 0. The first-order chi connectivity index (χ1) is 9.90. The predicted octanol–water partition coefficient (Wildman–Crippen LogP) is 4.42. The molecule has 3 rings (SSSR count). The summed E-state index contributed by atoms with van der Waals surface area (Å²) in [6.45, 7) is 3.60. The van der Waals surface area contributed by atoms with Crippen LogP contribution in [0.25, 0.3) is 0 Å². The van der Waals surface area contributed by atoms with Crippen molar-refractivity contribution in [3.63, 3.8) is 0 Å². The van der Waals surface area contributed by atoms with Crippen LogP contribution in [0.4, 0.5) is 11.4 Å². The van der Waals surface area contributed by atoms with Crippen LogP contribution in [0.1, 0.15) is 24.8 Å². The fourth-order valence-corrected chi connectivity index (χ4v) is 2.76. The van der Waals surface area contributed by atoms with Crippen LogP contribution in [0.3, 0.4) is 0 Å². The van der Waals surface area contributed by atoms with Crippen LogP contribution in [-0.4, -0.2) is 18.0 Å². The minimum Gasteiger partial charge on any atom is -0.356 e. The Hall–Kier alpha value is -1.80. The van der Waals surface area contributed by atoms with E-state index in [1.807, 2.05) is 18.2 Å². The molecule has 2 aromatic carbocycles. The van der Waals surface area contributed by atoms with Crippen molar-refractivity contribution in [2.24, 2.45) is 0 Å². The average Bonchev–Trinajstić information content (AvgIpc) is 2.51. The van der Waals surface area contributed by atoms with E-state index in [0.29, 0.717) is 0 Å². The number of piperidine rings is 1. The first-order valence-corrected chi connectivity index (χ1v) is 7.53. The molecule has 0 spiro atoms. The molecule has 20 heavy (non-hydrogen) atoms. The Balaban J connectivity index is 1.59. The molecule has 0 saturated carbocycles. The van der Waals surface area contributed by atoms with Crippen LogP contribution in [0.15, 0.2) is 54.6 Å². The van der Waals surface area contributed by atoms with Crippen molar-refractivity contribution >= 4 is 11.4 Å². The number of nitrogens with zero attached hydrogens (tertiary/aromatic N) is 1. The van der Waals surface area contributed by atoms with Crippen molar-refractivity contribution in [2.75, 3.05) is 18.4 Å². The predicted molar refractivity (Wildman–Crippen MR) is 85.3 cm³/mol. The van der Waals surface area contributed by atoms with Gasteiger partial charge in [-0.3, -0.25) is 4.90 Å². The van der Waals surface area contributed by atoms with Gasteiger partial charge in [-0.05, 0) is 55.8 Å².